The SMILES string of the molecule is Nc1ccc(Cl)c(C(O)C(O)CBr)c1. The lowest BCUT2D eigenvalue weighted by molar-refractivity contribution is 0.0344. The van der Waals surface area contributed by atoms with Crippen molar-refractivity contribution in [3.05, 3.63) is 28.8 Å². The summed E-state index contributed by atoms with van der Waals surface area (Å²) in [6.45, 7) is 0. The Morgan fingerprint density at radius 3 is 2.64 bits per heavy atom. The molecule has 0 fully saturated rings. The monoisotopic (exact) mass is 279 g/mol. The average Bonchev–Trinajstić information content (AvgIpc) is 2.19. The fraction of sp³-hybridized carbons (Fsp3) is 0.333. The molecule has 78 valence electrons. The molecule has 0 spiro atoms. The molecule has 0 saturated heterocycles. The second kappa shape index (κ2) is 4.98. The molecule has 0 amide bonds. The van der Waals surface area contributed by atoms with E-state index in [1.165, 1.54) is 0 Å². The van der Waals surface area contributed by atoms with Gasteiger partial charge in [0, 0.05) is 21.6 Å². The first-order valence-electron chi connectivity index (χ1n) is 4.03. The van der Waals surface area contributed by atoms with E-state index in [-0.39, 0.29) is 5.33 Å². The summed E-state index contributed by atoms with van der Waals surface area (Å²) in [4.78, 5) is 0. The van der Waals surface area contributed by atoms with Crippen molar-refractivity contribution in [2.45, 2.75) is 12.2 Å². The Morgan fingerprint density at radius 2 is 2.07 bits per heavy atom. The minimum atomic E-state index is -1.02. The normalized spacial score (nSPS) is 15.1. The number of halogens is 2. The smallest absolute Gasteiger partial charge is 0.107 e. The molecule has 5 heteroatoms. The van der Waals surface area contributed by atoms with Crippen molar-refractivity contribution in [1.29, 1.82) is 0 Å². The number of aliphatic hydroxyl groups excluding tert-OH is 2. The highest BCUT2D eigenvalue weighted by Gasteiger charge is 2.19. The van der Waals surface area contributed by atoms with Gasteiger partial charge in [-0.05, 0) is 18.2 Å². The van der Waals surface area contributed by atoms with Gasteiger partial charge in [0.15, 0.2) is 0 Å². The average molecular weight is 281 g/mol. The molecule has 0 aliphatic carbocycles. The molecular formula is C9H11BrClNO2. The van der Waals surface area contributed by atoms with E-state index in [0.29, 0.717) is 16.3 Å². The van der Waals surface area contributed by atoms with Crippen molar-refractivity contribution < 1.29 is 10.2 Å². The van der Waals surface area contributed by atoms with E-state index in [1.54, 1.807) is 18.2 Å². The molecule has 3 nitrogen and oxygen atoms in total. The molecule has 1 aromatic rings. The van der Waals surface area contributed by atoms with Crippen LogP contribution < -0.4 is 5.73 Å². The fourth-order valence-electron chi connectivity index (χ4n) is 1.08. The first-order chi connectivity index (χ1) is 6.56. The number of benzene rings is 1. The summed E-state index contributed by atoms with van der Waals surface area (Å²) in [5.74, 6) is 0. The van der Waals surface area contributed by atoms with Gasteiger partial charge < -0.3 is 15.9 Å². The zero-order chi connectivity index (χ0) is 10.7. The third-order valence-corrected chi connectivity index (χ3v) is 2.87. The second-order valence-electron chi connectivity index (χ2n) is 2.95. The van der Waals surface area contributed by atoms with Crippen LogP contribution >= 0.6 is 27.5 Å². The number of alkyl halides is 1. The maximum absolute atomic E-state index is 9.67. The minimum Gasteiger partial charge on any atom is -0.399 e. The molecule has 1 rings (SSSR count). The van der Waals surface area contributed by atoms with Crippen LogP contribution in [0, 0.1) is 0 Å². The van der Waals surface area contributed by atoms with Crippen molar-refractivity contribution >= 4 is 33.2 Å². The Bertz CT molecular complexity index is 322. The summed E-state index contributed by atoms with van der Waals surface area (Å²) in [6, 6.07) is 4.79. The third-order valence-electron chi connectivity index (χ3n) is 1.86. The topological polar surface area (TPSA) is 66.5 Å². The fourth-order valence-corrected chi connectivity index (χ4v) is 1.66. The highest BCUT2D eigenvalue weighted by molar-refractivity contribution is 9.09. The van der Waals surface area contributed by atoms with E-state index in [4.69, 9.17) is 17.3 Å². The van der Waals surface area contributed by atoms with Gasteiger partial charge in [0.25, 0.3) is 0 Å². The highest BCUT2D eigenvalue weighted by atomic mass is 79.9. The highest BCUT2D eigenvalue weighted by Crippen LogP contribution is 2.27. The Labute approximate surface area is 95.6 Å². The molecule has 0 bridgehead atoms. The number of aliphatic hydroxyl groups is 2. The summed E-state index contributed by atoms with van der Waals surface area (Å²) in [5.41, 5.74) is 6.49. The number of rotatable bonds is 3. The first-order valence-corrected chi connectivity index (χ1v) is 5.53. The minimum absolute atomic E-state index is 0.277. The van der Waals surface area contributed by atoms with E-state index in [0.717, 1.165) is 0 Å². The van der Waals surface area contributed by atoms with Crippen LogP contribution in [0.4, 0.5) is 5.69 Å². The largest absolute Gasteiger partial charge is 0.399 e. The van der Waals surface area contributed by atoms with Crippen LogP contribution in [0.2, 0.25) is 5.02 Å². The molecule has 4 N–H and O–H groups in total. The summed E-state index contributed by atoms with van der Waals surface area (Å²) in [5, 5.41) is 19.7. The van der Waals surface area contributed by atoms with Crippen molar-refractivity contribution in [2.24, 2.45) is 0 Å². The van der Waals surface area contributed by atoms with Gasteiger partial charge in [0.2, 0.25) is 0 Å². The van der Waals surface area contributed by atoms with Crippen molar-refractivity contribution in [3.8, 4) is 0 Å². The summed E-state index contributed by atoms with van der Waals surface area (Å²) >= 11 is 8.92. The van der Waals surface area contributed by atoms with Gasteiger partial charge in [-0.3, -0.25) is 0 Å². The molecule has 0 aromatic heterocycles. The molecule has 0 heterocycles. The lowest BCUT2D eigenvalue weighted by Gasteiger charge is -2.17. The maximum atomic E-state index is 9.67. The lowest BCUT2D eigenvalue weighted by Crippen LogP contribution is -2.19. The zero-order valence-electron chi connectivity index (χ0n) is 7.32. The number of hydrogen-bond donors (Lipinski definition) is 3. The van der Waals surface area contributed by atoms with E-state index < -0.39 is 12.2 Å². The molecule has 2 unspecified atom stereocenters. The van der Waals surface area contributed by atoms with Crippen LogP contribution in [0.3, 0.4) is 0 Å². The Hall–Kier alpha value is -0.290. The molecule has 2 atom stereocenters. The van der Waals surface area contributed by atoms with Crippen molar-refractivity contribution in [1.82, 2.24) is 0 Å². The third kappa shape index (κ3) is 2.60. The van der Waals surface area contributed by atoms with Crippen LogP contribution in [0.25, 0.3) is 0 Å². The van der Waals surface area contributed by atoms with Crippen LogP contribution in [-0.2, 0) is 0 Å². The predicted octanol–water partition coefficient (Wildman–Crippen LogP) is 1.71. The quantitative estimate of drug-likeness (QED) is 0.583. The van der Waals surface area contributed by atoms with Gasteiger partial charge in [-0.2, -0.15) is 0 Å². The van der Waals surface area contributed by atoms with E-state index >= 15 is 0 Å². The lowest BCUT2D eigenvalue weighted by atomic mass is 10.0. The maximum Gasteiger partial charge on any atom is 0.107 e. The van der Waals surface area contributed by atoms with E-state index in [2.05, 4.69) is 15.9 Å². The van der Waals surface area contributed by atoms with Crippen molar-refractivity contribution in [2.75, 3.05) is 11.1 Å². The van der Waals surface area contributed by atoms with Gasteiger partial charge >= 0.3 is 0 Å². The predicted molar refractivity (Wildman–Crippen MR) is 60.6 cm³/mol. The summed E-state index contributed by atoms with van der Waals surface area (Å²) < 4.78 is 0. The molecule has 14 heavy (non-hydrogen) atoms. The number of nitrogens with two attached hydrogens (primary N) is 1. The molecule has 0 aliphatic rings. The number of nitrogen functional groups attached to an aromatic ring is 1. The first kappa shape index (κ1) is 11.8. The van der Waals surface area contributed by atoms with Crippen LogP contribution in [0.1, 0.15) is 11.7 Å². The summed E-state index contributed by atoms with van der Waals surface area (Å²) in [6.07, 6.45) is -1.92. The molecule has 0 saturated carbocycles. The molecular weight excluding hydrogens is 269 g/mol. The zero-order valence-corrected chi connectivity index (χ0v) is 9.66. The Kier molecular flexibility index (Phi) is 4.19. The number of hydrogen-bond acceptors (Lipinski definition) is 3. The van der Waals surface area contributed by atoms with Crippen molar-refractivity contribution in [3.63, 3.8) is 0 Å². The second-order valence-corrected chi connectivity index (χ2v) is 4.00. The Morgan fingerprint density at radius 1 is 1.43 bits per heavy atom. The van der Waals surface area contributed by atoms with Gasteiger partial charge in [0.05, 0.1) is 6.10 Å². The van der Waals surface area contributed by atoms with Gasteiger partial charge in [-0.25, -0.2) is 0 Å². The van der Waals surface area contributed by atoms with E-state index in [9.17, 15) is 10.2 Å². The molecule has 1 aromatic carbocycles. The molecule has 0 aliphatic heterocycles. The Balaban J connectivity index is 2.99. The van der Waals surface area contributed by atoms with E-state index in [1.807, 2.05) is 0 Å². The van der Waals surface area contributed by atoms with Crippen LogP contribution in [0.5, 0.6) is 0 Å². The van der Waals surface area contributed by atoms with Gasteiger partial charge in [-0.15, -0.1) is 0 Å². The molecule has 0 radical (unpaired) electrons. The van der Waals surface area contributed by atoms with Gasteiger partial charge in [0.1, 0.15) is 6.10 Å². The van der Waals surface area contributed by atoms with Crippen LogP contribution in [-0.4, -0.2) is 21.6 Å². The summed E-state index contributed by atoms with van der Waals surface area (Å²) in [7, 11) is 0. The van der Waals surface area contributed by atoms with Gasteiger partial charge in [-0.1, -0.05) is 27.5 Å². The number of anilines is 1. The van der Waals surface area contributed by atoms with Crippen LogP contribution in [0.15, 0.2) is 18.2 Å². The standard InChI is InChI=1S/C9H11BrClNO2/c10-4-8(13)9(14)6-3-5(12)1-2-7(6)11/h1-3,8-9,13-14H,4,12H2.